The van der Waals surface area contributed by atoms with Gasteiger partial charge in [-0.15, -0.1) is 11.3 Å². The van der Waals surface area contributed by atoms with Crippen LogP contribution in [-0.2, 0) is 13.1 Å². The third-order valence-corrected chi connectivity index (χ3v) is 5.24. The molecule has 5 heteroatoms. The largest absolute Gasteiger partial charge is 0.497 e. The van der Waals surface area contributed by atoms with Gasteiger partial charge in [0.05, 0.1) is 7.11 Å². The number of hydrogen-bond acceptors (Lipinski definition) is 3. The minimum Gasteiger partial charge on any atom is -0.497 e. The average Bonchev–Trinajstić information content (AvgIpc) is 2.77. The fourth-order valence-corrected chi connectivity index (χ4v) is 3.42. The lowest BCUT2D eigenvalue weighted by Gasteiger charge is -2.08. The van der Waals surface area contributed by atoms with Crippen molar-refractivity contribution in [3.63, 3.8) is 0 Å². The Morgan fingerprint density at radius 1 is 1.17 bits per heavy atom. The van der Waals surface area contributed by atoms with Gasteiger partial charge in [-0.3, -0.25) is 0 Å². The van der Waals surface area contributed by atoms with Crippen molar-refractivity contribution < 1.29 is 4.74 Å². The molecule has 2 nitrogen and oxygen atoms in total. The van der Waals surface area contributed by atoms with Gasteiger partial charge in [0.2, 0.25) is 0 Å². The standard InChI is InChI=1S/C13H13Br2NOS/c1-17-10-2-3-11(14)9(6-10)7-16-8-13-12(15)4-5-18-13/h2-6,16H,7-8H2,1H3. The minimum absolute atomic E-state index is 0.808. The van der Waals surface area contributed by atoms with E-state index >= 15 is 0 Å². The maximum absolute atomic E-state index is 5.23. The minimum atomic E-state index is 0.808. The van der Waals surface area contributed by atoms with Crippen molar-refractivity contribution in [3.8, 4) is 5.75 Å². The van der Waals surface area contributed by atoms with Crippen molar-refractivity contribution in [2.45, 2.75) is 13.1 Å². The van der Waals surface area contributed by atoms with Crippen molar-refractivity contribution in [3.05, 3.63) is 49.0 Å². The molecule has 1 aromatic heterocycles. The Balaban J connectivity index is 1.96. The van der Waals surface area contributed by atoms with Crippen molar-refractivity contribution in [1.29, 1.82) is 0 Å². The molecule has 0 unspecified atom stereocenters. The monoisotopic (exact) mass is 389 g/mol. The summed E-state index contributed by atoms with van der Waals surface area (Å²) < 4.78 is 7.50. The molecule has 0 fully saturated rings. The number of thiophene rings is 1. The smallest absolute Gasteiger partial charge is 0.119 e. The number of benzene rings is 1. The van der Waals surface area contributed by atoms with E-state index in [2.05, 4.69) is 48.6 Å². The summed E-state index contributed by atoms with van der Waals surface area (Å²) in [7, 11) is 1.68. The van der Waals surface area contributed by atoms with Gasteiger partial charge in [0, 0.05) is 26.9 Å². The molecule has 0 saturated carbocycles. The highest BCUT2D eigenvalue weighted by Gasteiger charge is 2.04. The highest BCUT2D eigenvalue weighted by molar-refractivity contribution is 9.10. The SMILES string of the molecule is COc1ccc(Br)c(CNCc2sccc2Br)c1. The lowest BCUT2D eigenvalue weighted by atomic mass is 10.2. The van der Waals surface area contributed by atoms with Crippen LogP contribution < -0.4 is 10.1 Å². The van der Waals surface area contributed by atoms with E-state index in [0.29, 0.717) is 0 Å². The van der Waals surface area contributed by atoms with Crippen molar-refractivity contribution in [2.75, 3.05) is 7.11 Å². The van der Waals surface area contributed by atoms with Crippen LogP contribution in [0.3, 0.4) is 0 Å². The van der Waals surface area contributed by atoms with E-state index in [9.17, 15) is 0 Å². The first kappa shape index (κ1) is 14.1. The first-order valence-corrected chi connectivity index (χ1v) is 7.92. The predicted octanol–water partition coefficient (Wildman–Crippen LogP) is 4.57. The third-order valence-electron chi connectivity index (χ3n) is 2.54. The van der Waals surface area contributed by atoms with Crippen LogP contribution in [0.4, 0.5) is 0 Å². The predicted molar refractivity (Wildman–Crippen MR) is 83.3 cm³/mol. The Morgan fingerprint density at radius 2 is 2.00 bits per heavy atom. The van der Waals surface area contributed by atoms with E-state index in [-0.39, 0.29) is 0 Å². The van der Waals surface area contributed by atoms with Crippen molar-refractivity contribution in [2.24, 2.45) is 0 Å². The molecular formula is C13H13Br2NOS. The van der Waals surface area contributed by atoms with Crippen LogP contribution in [0, 0.1) is 0 Å². The molecule has 0 aliphatic carbocycles. The molecule has 0 radical (unpaired) electrons. The Bertz CT molecular complexity index is 527. The second kappa shape index (κ2) is 6.70. The lowest BCUT2D eigenvalue weighted by molar-refractivity contribution is 0.414. The molecular weight excluding hydrogens is 378 g/mol. The molecule has 1 aromatic carbocycles. The highest BCUT2D eigenvalue weighted by atomic mass is 79.9. The maximum atomic E-state index is 5.23. The van der Waals surface area contributed by atoms with Crippen LogP contribution in [0.25, 0.3) is 0 Å². The number of halogens is 2. The topological polar surface area (TPSA) is 21.3 Å². The summed E-state index contributed by atoms with van der Waals surface area (Å²) in [4.78, 5) is 1.31. The molecule has 0 spiro atoms. The molecule has 96 valence electrons. The summed E-state index contributed by atoms with van der Waals surface area (Å²) in [6, 6.07) is 8.07. The molecule has 0 bridgehead atoms. The Morgan fingerprint density at radius 3 is 2.67 bits per heavy atom. The fourth-order valence-electron chi connectivity index (χ4n) is 1.58. The molecule has 2 aromatic rings. The van der Waals surface area contributed by atoms with Gasteiger partial charge >= 0.3 is 0 Å². The summed E-state index contributed by atoms with van der Waals surface area (Å²) in [6.45, 7) is 1.67. The normalized spacial score (nSPS) is 10.6. The van der Waals surface area contributed by atoms with Crippen LogP contribution in [0.1, 0.15) is 10.4 Å². The van der Waals surface area contributed by atoms with Gasteiger partial charge in [-0.2, -0.15) is 0 Å². The number of nitrogens with one attached hydrogen (secondary N) is 1. The molecule has 0 atom stereocenters. The van der Waals surface area contributed by atoms with Crippen molar-refractivity contribution >= 4 is 43.2 Å². The summed E-state index contributed by atoms with van der Waals surface area (Å²) in [5.41, 5.74) is 1.20. The fraction of sp³-hybridized carbons (Fsp3) is 0.231. The average molecular weight is 391 g/mol. The van der Waals surface area contributed by atoms with Crippen LogP contribution in [0.2, 0.25) is 0 Å². The van der Waals surface area contributed by atoms with Gasteiger partial charge in [0.15, 0.2) is 0 Å². The summed E-state index contributed by atoms with van der Waals surface area (Å²) in [6.07, 6.45) is 0. The second-order valence-electron chi connectivity index (χ2n) is 3.75. The molecule has 1 N–H and O–H groups in total. The molecule has 0 amide bonds. The van der Waals surface area contributed by atoms with Crippen LogP contribution in [-0.4, -0.2) is 7.11 Å². The van der Waals surface area contributed by atoms with Gasteiger partial charge in [-0.05, 0) is 51.1 Å². The lowest BCUT2D eigenvalue weighted by Crippen LogP contribution is -2.12. The quantitative estimate of drug-likeness (QED) is 0.807. The van der Waals surface area contributed by atoms with E-state index in [4.69, 9.17) is 4.74 Å². The zero-order valence-corrected chi connectivity index (χ0v) is 13.9. The maximum Gasteiger partial charge on any atom is 0.119 e. The Labute approximate surface area is 128 Å². The number of ether oxygens (including phenoxy) is 1. The molecule has 18 heavy (non-hydrogen) atoms. The van der Waals surface area contributed by atoms with Crippen LogP contribution in [0.15, 0.2) is 38.6 Å². The zero-order chi connectivity index (χ0) is 13.0. The van der Waals surface area contributed by atoms with E-state index in [1.807, 2.05) is 18.2 Å². The van der Waals surface area contributed by atoms with Gasteiger partial charge in [0.25, 0.3) is 0 Å². The summed E-state index contributed by atoms with van der Waals surface area (Å²) >= 11 is 8.83. The van der Waals surface area contributed by atoms with E-state index < -0.39 is 0 Å². The molecule has 0 saturated heterocycles. The van der Waals surface area contributed by atoms with E-state index in [1.165, 1.54) is 14.9 Å². The molecule has 1 heterocycles. The Kier molecular flexibility index (Phi) is 5.24. The molecule has 0 aliphatic rings. The molecule has 2 rings (SSSR count). The van der Waals surface area contributed by atoms with Crippen LogP contribution >= 0.6 is 43.2 Å². The van der Waals surface area contributed by atoms with Gasteiger partial charge in [-0.1, -0.05) is 15.9 Å². The Hall–Kier alpha value is -0.360. The number of hydrogen-bond donors (Lipinski definition) is 1. The van der Waals surface area contributed by atoms with Gasteiger partial charge < -0.3 is 10.1 Å². The van der Waals surface area contributed by atoms with Crippen molar-refractivity contribution in [1.82, 2.24) is 5.32 Å². The second-order valence-corrected chi connectivity index (χ2v) is 6.46. The van der Waals surface area contributed by atoms with Gasteiger partial charge in [-0.25, -0.2) is 0 Å². The summed E-state index contributed by atoms with van der Waals surface area (Å²) in [5, 5.41) is 5.52. The number of rotatable bonds is 5. The summed E-state index contributed by atoms with van der Waals surface area (Å²) in [5.74, 6) is 0.882. The van der Waals surface area contributed by atoms with E-state index in [0.717, 1.165) is 23.3 Å². The number of methoxy groups -OCH3 is 1. The first-order chi connectivity index (χ1) is 8.70. The highest BCUT2D eigenvalue weighted by Crippen LogP contribution is 2.24. The van der Waals surface area contributed by atoms with Gasteiger partial charge in [0.1, 0.15) is 5.75 Å². The first-order valence-electron chi connectivity index (χ1n) is 5.45. The van der Waals surface area contributed by atoms with Crippen LogP contribution in [0.5, 0.6) is 5.75 Å². The van der Waals surface area contributed by atoms with E-state index in [1.54, 1.807) is 18.4 Å². The molecule has 0 aliphatic heterocycles. The third kappa shape index (κ3) is 3.57. The zero-order valence-electron chi connectivity index (χ0n) is 9.87.